The number of ketones is 2. The Labute approximate surface area is 217 Å². The molecule has 1 saturated heterocycles. The molecule has 3 aliphatic rings. The van der Waals surface area contributed by atoms with Crippen molar-refractivity contribution in [3.8, 4) is 5.75 Å². The van der Waals surface area contributed by atoms with Gasteiger partial charge in [0.05, 0.1) is 12.2 Å². The highest BCUT2D eigenvalue weighted by atomic mass is 16.6. The second-order valence-electron chi connectivity index (χ2n) is 11.3. The Morgan fingerprint density at radius 1 is 1.05 bits per heavy atom. The van der Waals surface area contributed by atoms with Crippen LogP contribution in [0.3, 0.4) is 0 Å². The normalized spacial score (nSPS) is 23.9. The summed E-state index contributed by atoms with van der Waals surface area (Å²) in [5, 5.41) is 2.30. The van der Waals surface area contributed by atoms with E-state index in [0.29, 0.717) is 36.7 Å². The molecule has 1 aromatic rings. The summed E-state index contributed by atoms with van der Waals surface area (Å²) in [6, 6.07) is 5.01. The lowest BCUT2D eigenvalue weighted by atomic mass is 9.82. The summed E-state index contributed by atoms with van der Waals surface area (Å²) in [4.78, 5) is 62.1. The Kier molecular flexibility index (Phi) is 7.95. The Morgan fingerprint density at radius 2 is 1.81 bits per heavy atom. The highest BCUT2D eigenvalue weighted by molar-refractivity contribution is 6.25. The summed E-state index contributed by atoms with van der Waals surface area (Å²) in [6.07, 6.45) is 6.10. The van der Waals surface area contributed by atoms with E-state index in [-0.39, 0.29) is 53.3 Å². The lowest BCUT2D eigenvalue weighted by molar-refractivity contribution is -0.155. The first kappa shape index (κ1) is 26.8. The quantitative estimate of drug-likeness (QED) is 0.409. The second kappa shape index (κ2) is 11.0. The number of allylic oxidation sites excluding steroid dienone is 2. The van der Waals surface area contributed by atoms with Gasteiger partial charge >= 0.3 is 5.97 Å². The summed E-state index contributed by atoms with van der Waals surface area (Å²) >= 11 is 0. The van der Waals surface area contributed by atoms with Gasteiger partial charge in [0.25, 0.3) is 0 Å². The van der Waals surface area contributed by atoms with Crippen molar-refractivity contribution in [1.29, 1.82) is 0 Å². The van der Waals surface area contributed by atoms with Crippen LogP contribution in [0.1, 0.15) is 92.9 Å². The van der Waals surface area contributed by atoms with E-state index >= 15 is 0 Å². The van der Waals surface area contributed by atoms with Crippen molar-refractivity contribution >= 4 is 29.4 Å². The molecule has 0 bridgehead atoms. The van der Waals surface area contributed by atoms with E-state index in [9.17, 15) is 24.0 Å². The molecular weight excluding hydrogens is 474 g/mol. The van der Waals surface area contributed by atoms with Crippen LogP contribution in [0.2, 0.25) is 0 Å². The highest BCUT2D eigenvalue weighted by Crippen LogP contribution is 2.37. The maximum absolute atomic E-state index is 13.4. The van der Waals surface area contributed by atoms with Crippen LogP contribution >= 0.6 is 0 Å². The number of esters is 1. The van der Waals surface area contributed by atoms with Gasteiger partial charge in [-0.3, -0.25) is 29.3 Å². The molecule has 0 spiro atoms. The van der Waals surface area contributed by atoms with Crippen molar-refractivity contribution in [2.75, 3.05) is 6.61 Å². The zero-order chi connectivity index (χ0) is 26.7. The number of Topliss-reactive ketones (excluding diaryl/α,β-unsaturated/α-hetero) is 1. The maximum Gasteiger partial charge on any atom is 0.306 e. The first-order valence-electron chi connectivity index (χ1n) is 13.1. The van der Waals surface area contributed by atoms with Crippen LogP contribution in [0.25, 0.3) is 0 Å². The van der Waals surface area contributed by atoms with Crippen molar-refractivity contribution in [3.05, 3.63) is 41.0 Å². The number of piperidine rings is 1. The molecule has 3 atom stereocenters. The van der Waals surface area contributed by atoms with Gasteiger partial charge in [0, 0.05) is 29.9 Å². The van der Waals surface area contributed by atoms with Crippen molar-refractivity contribution in [2.24, 2.45) is 17.8 Å². The second-order valence-corrected chi connectivity index (χ2v) is 11.3. The monoisotopic (exact) mass is 509 g/mol. The highest BCUT2D eigenvalue weighted by Gasteiger charge is 2.35. The van der Waals surface area contributed by atoms with Crippen LogP contribution < -0.4 is 10.1 Å². The fourth-order valence-corrected chi connectivity index (χ4v) is 5.51. The number of carbonyl (C=O) groups is 5. The number of fused-ring (bicyclic) bond motifs is 1. The molecule has 8 nitrogen and oxygen atoms in total. The van der Waals surface area contributed by atoms with Crippen molar-refractivity contribution in [3.63, 3.8) is 0 Å². The van der Waals surface area contributed by atoms with E-state index in [0.717, 1.165) is 25.7 Å². The lowest BCUT2D eigenvalue weighted by Gasteiger charge is -2.25. The van der Waals surface area contributed by atoms with Gasteiger partial charge in [-0.2, -0.15) is 0 Å². The van der Waals surface area contributed by atoms with Gasteiger partial charge in [0.1, 0.15) is 11.4 Å². The lowest BCUT2D eigenvalue weighted by Crippen LogP contribution is -2.41. The molecule has 0 aromatic heterocycles. The molecule has 198 valence electrons. The van der Waals surface area contributed by atoms with E-state index < -0.39 is 17.4 Å². The Morgan fingerprint density at radius 3 is 2.54 bits per heavy atom. The fraction of sp³-hybridized carbons (Fsp3) is 0.552. The van der Waals surface area contributed by atoms with Crippen LogP contribution in [0, 0.1) is 17.8 Å². The van der Waals surface area contributed by atoms with E-state index in [1.165, 1.54) is 6.08 Å². The molecule has 4 rings (SSSR count). The van der Waals surface area contributed by atoms with Crippen LogP contribution in [0.15, 0.2) is 29.8 Å². The predicted molar refractivity (Wildman–Crippen MR) is 135 cm³/mol. The summed E-state index contributed by atoms with van der Waals surface area (Å²) in [5.41, 5.74) is 0.291. The number of rotatable bonds is 8. The van der Waals surface area contributed by atoms with E-state index in [4.69, 9.17) is 9.47 Å². The number of carbonyl (C=O) groups excluding carboxylic acids is 5. The Bertz CT molecular complexity index is 1140. The Hall–Kier alpha value is -3.29. The average Bonchev–Trinajstić information content (AvgIpc) is 3.27. The molecule has 2 amide bonds. The van der Waals surface area contributed by atoms with Crippen LogP contribution in [-0.4, -0.2) is 41.6 Å². The van der Waals surface area contributed by atoms with Gasteiger partial charge in [-0.1, -0.05) is 25.0 Å². The number of imide groups is 1. The number of hydrogen-bond donors (Lipinski definition) is 1. The minimum absolute atomic E-state index is 0.104. The molecule has 2 aliphatic carbocycles. The van der Waals surface area contributed by atoms with Crippen LogP contribution in [0.4, 0.5) is 0 Å². The molecule has 0 radical (unpaired) electrons. The summed E-state index contributed by atoms with van der Waals surface area (Å²) < 4.78 is 11.6. The third-order valence-electron chi connectivity index (χ3n) is 7.34. The van der Waals surface area contributed by atoms with Crippen molar-refractivity contribution < 1.29 is 33.4 Å². The number of nitrogens with one attached hydrogen (secondary N) is 1. The van der Waals surface area contributed by atoms with Crippen LogP contribution in [0.5, 0.6) is 5.75 Å². The molecule has 1 N–H and O–H groups in total. The summed E-state index contributed by atoms with van der Waals surface area (Å²) in [7, 11) is 0. The number of hydrogen-bond acceptors (Lipinski definition) is 7. The molecule has 2 fully saturated rings. The third-order valence-corrected chi connectivity index (χ3v) is 7.34. The molecular formula is C29H35NO7. The van der Waals surface area contributed by atoms with E-state index in [1.54, 1.807) is 18.2 Å². The standard InChI is InChI=1S/C29H35NO7/c1-29(2,3)37-25(33)13-11-17-6-4-7-19(17)16-36-23-9-5-8-21-22(31)15-20(27(34)26(21)23)14-18-10-12-24(32)30-28(18)35/h5,8-9,15,17-19H,4,6-7,10-14,16H2,1-3H3,(H,30,32,35)/t17?,18?,19-/m0/s1. The molecule has 1 aliphatic heterocycles. The van der Waals surface area contributed by atoms with Crippen molar-refractivity contribution in [2.45, 2.75) is 77.7 Å². The number of benzene rings is 1. The first-order valence-corrected chi connectivity index (χ1v) is 13.1. The number of ether oxygens (including phenoxy) is 2. The molecule has 37 heavy (non-hydrogen) atoms. The van der Waals surface area contributed by atoms with Gasteiger partial charge in [-0.15, -0.1) is 0 Å². The van der Waals surface area contributed by atoms with E-state index in [1.807, 2.05) is 20.8 Å². The smallest absolute Gasteiger partial charge is 0.306 e. The molecule has 8 heteroatoms. The SMILES string of the molecule is CC(C)(C)OC(=O)CCC1CCC[C@H]1COc1cccc2c1C(=O)C(CC1CCC(=O)NC1=O)=CC2=O. The first-order chi connectivity index (χ1) is 17.5. The molecule has 2 unspecified atom stereocenters. The molecule has 1 saturated carbocycles. The van der Waals surface area contributed by atoms with Gasteiger partial charge in [-0.25, -0.2) is 0 Å². The Balaban J connectivity index is 1.41. The molecule has 1 aromatic carbocycles. The average molecular weight is 510 g/mol. The van der Waals surface area contributed by atoms with Gasteiger partial charge in [0.2, 0.25) is 11.8 Å². The van der Waals surface area contributed by atoms with Crippen LogP contribution in [-0.2, 0) is 19.1 Å². The van der Waals surface area contributed by atoms with Gasteiger partial charge in [0.15, 0.2) is 11.6 Å². The summed E-state index contributed by atoms with van der Waals surface area (Å²) in [5.74, 6) is -1.14. The topological polar surface area (TPSA) is 116 Å². The van der Waals surface area contributed by atoms with Gasteiger partial charge in [-0.05, 0) is 70.4 Å². The zero-order valence-electron chi connectivity index (χ0n) is 21.8. The predicted octanol–water partition coefficient (Wildman–Crippen LogP) is 4.35. The maximum atomic E-state index is 13.4. The van der Waals surface area contributed by atoms with E-state index in [2.05, 4.69) is 5.32 Å². The largest absolute Gasteiger partial charge is 0.492 e. The third kappa shape index (κ3) is 6.53. The number of amides is 2. The molecule has 1 heterocycles. The minimum Gasteiger partial charge on any atom is -0.492 e. The summed E-state index contributed by atoms with van der Waals surface area (Å²) in [6.45, 7) is 5.96. The minimum atomic E-state index is -0.528. The van der Waals surface area contributed by atoms with Crippen molar-refractivity contribution in [1.82, 2.24) is 5.32 Å². The zero-order valence-corrected chi connectivity index (χ0v) is 21.8. The van der Waals surface area contributed by atoms with Gasteiger partial charge < -0.3 is 9.47 Å². The fourth-order valence-electron chi connectivity index (χ4n) is 5.51.